The Kier molecular flexibility index (Phi) is 4.41. The predicted octanol–water partition coefficient (Wildman–Crippen LogP) is 1.84. The zero-order valence-electron chi connectivity index (χ0n) is 10.5. The van der Waals surface area contributed by atoms with Crippen molar-refractivity contribution in [2.75, 3.05) is 13.6 Å². The molecule has 2 aromatic heterocycles. The summed E-state index contributed by atoms with van der Waals surface area (Å²) in [6.07, 6.45) is 7.05. The summed E-state index contributed by atoms with van der Waals surface area (Å²) >= 11 is 5.72. The fourth-order valence-corrected chi connectivity index (χ4v) is 1.74. The van der Waals surface area contributed by atoms with Gasteiger partial charge < -0.3 is 4.90 Å². The van der Waals surface area contributed by atoms with Crippen LogP contribution in [-0.4, -0.2) is 39.4 Å². The normalized spacial score (nSPS) is 10.2. The number of pyridine rings is 1. The van der Waals surface area contributed by atoms with Crippen LogP contribution >= 0.6 is 11.6 Å². The first-order chi connectivity index (χ1) is 9.16. The average molecular weight is 277 g/mol. The van der Waals surface area contributed by atoms with Crippen LogP contribution < -0.4 is 0 Å². The van der Waals surface area contributed by atoms with Crippen LogP contribution in [0.3, 0.4) is 0 Å². The second-order valence-corrected chi connectivity index (χ2v) is 4.45. The molecule has 0 aliphatic rings. The molecule has 0 aromatic carbocycles. The topological polar surface area (TPSA) is 59.0 Å². The summed E-state index contributed by atoms with van der Waals surface area (Å²) < 4.78 is 0. The maximum atomic E-state index is 12.1. The Morgan fingerprint density at radius 3 is 2.68 bits per heavy atom. The fraction of sp³-hybridized carbons (Fsp3) is 0.231. The second-order valence-electron chi connectivity index (χ2n) is 4.06. The van der Waals surface area contributed by atoms with Gasteiger partial charge in [0.25, 0.3) is 5.91 Å². The van der Waals surface area contributed by atoms with Gasteiger partial charge in [-0.2, -0.15) is 0 Å². The molecule has 6 heteroatoms. The third kappa shape index (κ3) is 3.72. The van der Waals surface area contributed by atoms with E-state index in [0.717, 1.165) is 12.0 Å². The van der Waals surface area contributed by atoms with Gasteiger partial charge >= 0.3 is 0 Å². The Hall–Kier alpha value is -2.01. The molecule has 0 fully saturated rings. The standard InChI is InChI=1S/C13H13ClN4O/c1-18(7-4-10-2-5-15-6-3-10)13(19)11-8-16-9-12(14)17-11/h2-3,5-6,8-9H,4,7H2,1H3. The molecule has 5 nitrogen and oxygen atoms in total. The summed E-state index contributed by atoms with van der Waals surface area (Å²) in [6, 6.07) is 3.86. The van der Waals surface area contributed by atoms with E-state index in [2.05, 4.69) is 15.0 Å². The lowest BCUT2D eigenvalue weighted by Gasteiger charge is -2.16. The number of rotatable bonds is 4. The number of carbonyl (C=O) groups excluding carboxylic acids is 1. The van der Waals surface area contributed by atoms with Gasteiger partial charge in [-0.15, -0.1) is 0 Å². The van der Waals surface area contributed by atoms with Gasteiger partial charge in [-0.1, -0.05) is 11.6 Å². The summed E-state index contributed by atoms with van der Waals surface area (Å²) in [7, 11) is 1.73. The minimum atomic E-state index is -0.191. The zero-order chi connectivity index (χ0) is 13.7. The minimum Gasteiger partial charge on any atom is -0.340 e. The quantitative estimate of drug-likeness (QED) is 0.855. The van der Waals surface area contributed by atoms with Gasteiger partial charge in [-0.3, -0.25) is 14.8 Å². The van der Waals surface area contributed by atoms with Gasteiger partial charge in [0.15, 0.2) is 0 Å². The van der Waals surface area contributed by atoms with Gasteiger partial charge in [0.05, 0.1) is 12.4 Å². The molecule has 2 aromatic rings. The maximum Gasteiger partial charge on any atom is 0.273 e. The highest BCUT2D eigenvalue weighted by molar-refractivity contribution is 6.29. The molecular weight excluding hydrogens is 264 g/mol. The van der Waals surface area contributed by atoms with E-state index in [0.29, 0.717) is 6.54 Å². The van der Waals surface area contributed by atoms with E-state index in [4.69, 9.17) is 11.6 Å². The van der Waals surface area contributed by atoms with E-state index in [-0.39, 0.29) is 16.8 Å². The van der Waals surface area contributed by atoms with Crippen LogP contribution in [0.4, 0.5) is 0 Å². The molecule has 0 radical (unpaired) electrons. The first kappa shape index (κ1) is 13.4. The number of carbonyl (C=O) groups is 1. The molecule has 0 bridgehead atoms. The van der Waals surface area contributed by atoms with Crippen LogP contribution in [-0.2, 0) is 6.42 Å². The number of amides is 1. The Morgan fingerprint density at radius 1 is 1.26 bits per heavy atom. The van der Waals surface area contributed by atoms with Gasteiger partial charge in [-0.25, -0.2) is 4.98 Å². The molecule has 1 amide bonds. The van der Waals surface area contributed by atoms with Crippen molar-refractivity contribution in [1.82, 2.24) is 19.9 Å². The van der Waals surface area contributed by atoms with E-state index in [1.165, 1.54) is 12.4 Å². The van der Waals surface area contributed by atoms with E-state index in [1.54, 1.807) is 24.3 Å². The van der Waals surface area contributed by atoms with Crippen molar-refractivity contribution < 1.29 is 4.79 Å². The summed E-state index contributed by atoms with van der Waals surface area (Å²) in [5, 5.41) is 0.216. The van der Waals surface area contributed by atoms with E-state index in [1.807, 2.05) is 12.1 Å². The van der Waals surface area contributed by atoms with E-state index < -0.39 is 0 Å². The number of hydrogen-bond acceptors (Lipinski definition) is 4. The lowest BCUT2D eigenvalue weighted by molar-refractivity contribution is 0.0790. The van der Waals surface area contributed by atoms with Crippen molar-refractivity contribution in [2.45, 2.75) is 6.42 Å². The molecule has 0 atom stereocenters. The SMILES string of the molecule is CN(CCc1ccncc1)C(=O)c1cncc(Cl)n1. The minimum absolute atomic E-state index is 0.191. The molecule has 2 heterocycles. The van der Waals surface area contributed by atoms with Crippen molar-refractivity contribution in [1.29, 1.82) is 0 Å². The summed E-state index contributed by atoms with van der Waals surface area (Å²) in [5.41, 5.74) is 1.39. The Balaban J connectivity index is 1.96. The van der Waals surface area contributed by atoms with E-state index in [9.17, 15) is 4.79 Å². The van der Waals surface area contributed by atoms with Crippen LogP contribution in [0.1, 0.15) is 16.1 Å². The molecule has 0 saturated heterocycles. The number of halogens is 1. The van der Waals surface area contributed by atoms with Crippen LogP contribution in [0.25, 0.3) is 0 Å². The van der Waals surface area contributed by atoms with Crippen molar-refractivity contribution in [3.05, 3.63) is 53.3 Å². The first-order valence-electron chi connectivity index (χ1n) is 5.79. The summed E-state index contributed by atoms with van der Waals surface area (Å²) in [5.74, 6) is -0.191. The fourth-order valence-electron chi connectivity index (χ4n) is 1.59. The number of hydrogen-bond donors (Lipinski definition) is 0. The largest absolute Gasteiger partial charge is 0.340 e. The number of likely N-dealkylation sites (N-methyl/N-ethyl adjacent to an activating group) is 1. The molecule has 0 aliphatic carbocycles. The lowest BCUT2D eigenvalue weighted by Crippen LogP contribution is -2.29. The molecule has 98 valence electrons. The molecule has 0 unspecified atom stereocenters. The van der Waals surface area contributed by atoms with Crippen molar-refractivity contribution in [3.63, 3.8) is 0 Å². The Morgan fingerprint density at radius 2 is 2.00 bits per heavy atom. The highest BCUT2D eigenvalue weighted by atomic mass is 35.5. The van der Waals surface area contributed by atoms with Gasteiger partial charge in [-0.05, 0) is 24.1 Å². The van der Waals surface area contributed by atoms with Crippen molar-refractivity contribution in [3.8, 4) is 0 Å². The predicted molar refractivity (Wildman–Crippen MR) is 71.9 cm³/mol. The van der Waals surface area contributed by atoms with Crippen molar-refractivity contribution >= 4 is 17.5 Å². The molecule has 0 spiro atoms. The van der Waals surface area contributed by atoms with Crippen LogP contribution in [0, 0.1) is 0 Å². The highest BCUT2D eigenvalue weighted by Crippen LogP contribution is 2.06. The summed E-state index contributed by atoms with van der Waals surface area (Å²) in [6.45, 7) is 0.594. The van der Waals surface area contributed by atoms with Crippen LogP contribution in [0.2, 0.25) is 5.15 Å². The summed E-state index contributed by atoms with van der Waals surface area (Å²) in [4.78, 5) is 25.4. The zero-order valence-corrected chi connectivity index (χ0v) is 11.2. The van der Waals surface area contributed by atoms with Crippen LogP contribution in [0.5, 0.6) is 0 Å². The van der Waals surface area contributed by atoms with E-state index >= 15 is 0 Å². The monoisotopic (exact) mass is 276 g/mol. The molecule has 0 saturated carbocycles. The van der Waals surface area contributed by atoms with Gasteiger partial charge in [0, 0.05) is 26.0 Å². The van der Waals surface area contributed by atoms with Crippen LogP contribution in [0.15, 0.2) is 36.9 Å². The molecule has 19 heavy (non-hydrogen) atoms. The van der Waals surface area contributed by atoms with Gasteiger partial charge in [0.2, 0.25) is 0 Å². The molecule has 0 N–H and O–H groups in total. The molecule has 2 rings (SSSR count). The third-order valence-electron chi connectivity index (χ3n) is 2.66. The molecular formula is C13H13ClN4O. The smallest absolute Gasteiger partial charge is 0.273 e. The van der Waals surface area contributed by atoms with Gasteiger partial charge in [0.1, 0.15) is 10.8 Å². The second kappa shape index (κ2) is 6.24. The first-order valence-corrected chi connectivity index (χ1v) is 6.16. The number of nitrogens with zero attached hydrogens (tertiary/aromatic N) is 4. The maximum absolute atomic E-state index is 12.1. The number of aromatic nitrogens is 3. The highest BCUT2D eigenvalue weighted by Gasteiger charge is 2.13. The third-order valence-corrected chi connectivity index (χ3v) is 2.84. The average Bonchev–Trinajstić information content (AvgIpc) is 2.45. The molecule has 0 aliphatic heterocycles. The lowest BCUT2D eigenvalue weighted by atomic mass is 10.2. The Labute approximate surface area is 116 Å². The Bertz CT molecular complexity index is 562. The van der Waals surface area contributed by atoms with Crippen molar-refractivity contribution in [2.24, 2.45) is 0 Å².